The normalized spacial score (nSPS) is 13.8. The molecule has 2 rings (SSSR count). The van der Waals surface area contributed by atoms with E-state index >= 15 is 0 Å². The summed E-state index contributed by atoms with van der Waals surface area (Å²) >= 11 is 0. The van der Waals surface area contributed by atoms with Crippen molar-refractivity contribution in [3.8, 4) is 0 Å². The van der Waals surface area contributed by atoms with E-state index in [1.165, 1.54) is 5.56 Å². The molecule has 0 aromatic heterocycles. The molecule has 0 bridgehead atoms. The van der Waals surface area contributed by atoms with Gasteiger partial charge in [-0.1, -0.05) is 6.07 Å². The van der Waals surface area contributed by atoms with Gasteiger partial charge in [0.25, 0.3) is 0 Å². The molecule has 4 nitrogen and oxygen atoms in total. The van der Waals surface area contributed by atoms with Gasteiger partial charge in [-0.3, -0.25) is 4.79 Å². The third-order valence-electron chi connectivity index (χ3n) is 2.97. The summed E-state index contributed by atoms with van der Waals surface area (Å²) < 4.78 is 5.20. The summed E-state index contributed by atoms with van der Waals surface area (Å²) in [6.45, 7) is 3.82. The number of rotatable bonds is 4. The Morgan fingerprint density at radius 3 is 3.12 bits per heavy atom. The molecule has 0 radical (unpaired) electrons. The van der Waals surface area contributed by atoms with E-state index in [0.29, 0.717) is 25.3 Å². The Kier molecular flexibility index (Phi) is 3.64. The number of nitrogens with two attached hydrogens (primary N) is 1. The van der Waals surface area contributed by atoms with Crippen molar-refractivity contribution in [3.05, 3.63) is 23.8 Å². The van der Waals surface area contributed by atoms with Crippen molar-refractivity contribution in [1.82, 2.24) is 0 Å². The maximum Gasteiger partial charge on any atom is 0.229 e. The molecule has 0 atom stereocenters. The molecule has 1 aliphatic rings. The highest BCUT2D eigenvalue weighted by atomic mass is 16.5. The third kappa shape index (κ3) is 2.58. The van der Waals surface area contributed by atoms with Crippen LogP contribution in [0.3, 0.4) is 0 Å². The van der Waals surface area contributed by atoms with Crippen molar-refractivity contribution in [2.75, 3.05) is 30.4 Å². The first-order valence-corrected chi connectivity index (χ1v) is 5.99. The van der Waals surface area contributed by atoms with Crippen molar-refractivity contribution >= 4 is 17.3 Å². The van der Waals surface area contributed by atoms with Gasteiger partial charge in [-0.05, 0) is 31.0 Å². The molecule has 0 fully saturated rings. The summed E-state index contributed by atoms with van der Waals surface area (Å²) in [6, 6.07) is 5.76. The van der Waals surface area contributed by atoms with Crippen LogP contribution >= 0.6 is 0 Å². The van der Waals surface area contributed by atoms with Crippen LogP contribution in [0.15, 0.2) is 18.2 Å². The number of benzene rings is 1. The van der Waals surface area contributed by atoms with Gasteiger partial charge in [0, 0.05) is 24.5 Å². The average Bonchev–Trinajstić information content (AvgIpc) is 2.72. The number of anilines is 2. The number of carbonyl (C=O) groups excluding carboxylic acids is 1. The quantitative estimate of drug-likeness (QED) is 0.635. The van der Waals surface area contributed by atoms with Gasteiger partial charge >= 0.3 is 0 Å². The van der Waals surface area contributed by atoms with E-state index in [-0.39, 0.29) is 5.91 Å². The summed E-state index contributed by atoms with van der Waals surface area (Å²) in [4.78, 5) is 13.8. The van der Waals surface area contributed by atoms with Crippen molar-refractivity contribution in [1.29, 1.82) is 0 Å². The SMILES string of the molecule is CCOCCC(=O)N1CCc2ccc(N)cc21. The van der Waals surface area contributed by atoms with Gasteiger partial charge in [0.15, 0.2) is 0 Å². The maximum absolute atomic E-state index is 12.0. The lowest BCUT2D eigenvalue weighted by atomic mass is 10.1. The minimum atomic E-state index is 0.114. The first kappa shape index (κ1) is 11.9. The number of nitrogens with zero attached hydrogens (tertiary/aromatic N) is 1. The van der Waals surface area contributed by atoms with Crippen LogP contribution in [0.5, 0.6) is 0 Å². The molecule has 92 valence electrons. The molecular weight excluding hydrogens is 216 g/mol. The van der Waals surface area contributed by atoms with Crippen molar-refractivity contribution in [2.45, 2.75) is 19.8 Å². The number of ether oxygens (including phenoxy) is 1. The monoisotopic (exact) mass is 234 g/mol. The molecule has 1 heterocycles. The maximum atomic E-state index is 12.0. The molecule has 0 aliphatic carbocycles. The molecule has 1 aromatic rings. The highest BCUT2D eigenvalue weighted by Crippen LogP contribution is 2.30. The summed E-state index contributed by atoms with van der Waals surface area (Å²) in [5.74, 6) is 0.114. The highest BCUT2D eigenvalue weighted by molar-refractivity contribution is 5.96. The zero-order valence-electron chi connectivity index (χ0n) is 10.1. The molecule has 17 heavy (non-hydrogen) atoms. The fourth-order valence-electron chi connectivity index (χ4n) is 2.09. The second-order valence-electron chi connectivity index (χ2n) is 4.13. The summed E-state index contributed by atoms with van der Waals surface area (Å²) in [7, 11) is 0. The van der Waals surface area contributed by atoms with Gasteiger partial charge in [-0.25, -0.2) is 0 Å². The van der Waals surface area contributed by atoms with Crippen LogP contribution in [-0.2, 0) is 16.0 Å². The lowest BCUT2D eigenvalue weighted by Crippen LogP contribution is -2.29. The lowest BCUT2D eigenvalue weighted by molar-refractivity contribution is -0.119. The molecule has 1 amide bonds. The topological polar surface area (TPSA) is 55.6 Å². The van der Waals surface area contributed by atoms with Crippen molar-refractivity contribution in [3.63, 3.8) is 0 Å². The molecular formula is C13H18N2O2. The van der Waals surface area contributed by atoms with E-state index in [1.807, 2.05) is 30.0 Å². The van der Waals surface area contributed by atoms with Crippen LogP contribution < -0.4 is 10.6 Å². The Labute approximate surface area is 101 Å². The number of nitrogen functional groups attached to an aromatic ring is 1. The zero-order chi connectivity index (χ0) is 12.3. The fraction of sp³-hybridized carbons (Fsp3) is 0.462. The molecule has 0 saturated carbocycles. The fourth-order valence-corrected chi connectivity index (χ4v) is 2.09. The Balaban J connectivity index is 2.05. The van der Waals surface area contributed by atoms with Gasteiger partial charge in [-0.15, -0.1) is 0 Å². The Hall–Kier alpha value is -1.55. The smallest absolute Gasteiger partial charge is 0.229 e. The standard InChI is InChI=1S/C13H18N2O2/c1-2-17-8-6-13(16)15-7-5-10-3-4-11(14)9-12(10)15/h3-4,9H,2,5-8,14H2,1H3. The number of hydrogen-bond acceptors (Lipinski definition) is 3. The first-order valence-electron chi connectivity index (χ1n) is 5.99. The second-order valence-corrected chi connectivity index (χ2v) is 4.13. The molecule has 2 N–H and O–H groups in total. The summed E-state index contributed by atoms with van der Waals surface area (Å²) in [6.07, 6.45) is 1.35. The minimum Gasteiger partial charge on any atom is -0.399 e. The molecule has 1 aromatic carbocycles. The van der Waals surface area contributed by atoms with Crippen molar-refractivity contribution < 1.29 is 9.53 Å². The Morgan fingerprint density at radius 1 is 1.53 bits per heavy atom. The van der Waals surface area contributed by atoms with E-state index < -0.39 is 0 Å². The van der Waals surface area contributed by atoms with Crippen LogP contribution in [0.25, 0.3) is 0 Å². The van der Waals surface area contributed by atoms with Gasteiger partial charge in [-0.2, -0.15) is 0 Å². The highest BCUT2D eigenvalue weighted by Gasteiger charge is 2.24. The Bertz CT molecular complexity index is 418. The van der Waals surface area contributed by atoms with Crippen LogP contribution in [0.4, 0.5) is 11.4 Å². The minimum absolute atomic E-state index is 0.114. The largest absolute Gasteiger partial charge is 0.399 e. The predicted octanol–water partition coefficient (Wildman–Crippen LogP) is 1.58. The van der Waals surface area contributed by atoms with Gasteiger partial charge in [0.2, 0.25) is 5.91 Å². The van der Waals surface area contributed by atoms with Gasteiger partial charge < -0.3 is 15.4 Å². The molecule has 4 heteroatoms. The van der Waals surface area contributed by atoms with E-state index in [0.717, 1.165) is 18.7 Å². The molecule has 1 aliphatic heterocycles. The summed E-state index contributed by atoms with van der Waals surface area (Å²) in [5.41, 5.74) is 8.62. The summed E-state index contributed by atoms with van der Waals surface area (Å²) in [5, 5.41) is 0. The van der Waals surface area contributed by atoms with Crippen molar-refractivity contribution in [2.24, 2.45) is 0 Å². The van der Waals surface area contributed by atoms with Gasteiger partial charge in [0.05, 0.1) is 13.0 Å². The second kappa shape index (κ2) is 5.19. The Morgan fingerprint density at radius 2 is 2.35 bits per heavy atom. The van der Waals surface area contributed by atoms with E-state index in [4.69, 9.17) is 10.5 Å². The number of amides is 1. The number of carbonyl (C=O) groups is 1. The molecule has 0 unspecified atom stereocenters. The van der Waals surface area contributed by atoms with E-state index in [9.17, 15) is 4.79 Å². The average molecular weight is 234 g/mol. The number of hydrogen-bond donors (Lipinski definition) is 1. The van der Waals surface area contributed by atoms with Gasteiger partial charge in [0.1, 0.15) is 0 Å². The van der Waals surface area contributed by atoms with E-state index in [1.54, 1.807) is 0 Å². The lowest BCUT2D eigenvalue weighted by Gasteiger charge is -2.17. The zero-order valence-corrected chi connectivity index (χ0v) is 10.1. The van der Waals surface area contributed by atoms with Crippen LogP contribution in [0, 0.1) is 0 Å². The number of fused-ring (bicyclic) bond motifs is 1. The van der Waals surface area contributed by atoms with Crippen LogP contribution in [-0.4, -0.2) is 25.7 Å². The third-order valence-corrected chi connectivity index (χ3v) is 2.97. The molecule has 0 spiro atoms. The van der Waals surface area contributed by atoms with Crippen LogP contribution in [0.2, 0.25) is 0 Å². The predicted molar refractivity (Wildman–Crippen MR) is 68.0 cm³/mol. The first-order chi connectivity index (χ1) is 8.22. The molecule has 0 saturated heterocycles. The van der Waals surface area contributed by atoms with E-state index in [2.05, 4.69) is 0 Å². The van der Waals surface area contributed by atoms with Crippen LogP contribution in [0.1, 0.15) is 18.9 Å².